The number of nitrogens with two attached hydrogens (primary N) is 1. The Morgan fingerprint density at radius 1 is 0.908 bits per heavy atom. The third-order valence-corrected chi connectivity index (χ3v) is 13.0. The van der Waals surface area contributed by atoms with Crippen LogP contribution in [0.5, 0.6) is 0 Å². The Morgan fingerprint density at radius 3 is 2.20 bits per heavy atom. The van der Waals surface area contributed by atoms with Crippen LogP contribution in [0.15, 0.2) is 42.6 Å². The number of carbonyl (C=O) groups excluding carboxylic acids is 8. The van der Waals surface area contributed by atoms with Crippen molar-refractivity contribution in [2.75, 3.05) is 60.9 Å². The molecule has 2 fully saturated rings. The van der Waals surface area contributed by atoms with Crippen LogP contribution in [0.25, 0.3) is 0 Å². The molecule has 2 saturated heterocycles. The molecule has 410 valence electrons. The van der Waals surface area contributed by atoms with Crippen molar-refractivity contribution < 1.29 is 57.4 Å². The van der Waals surface area contributed by atoms with E-state index >= 15 is 4.39 Å². The topological polar surface area (TPSA) is 301 Å². The third kappa shape index (κ3) is 16.4. The lowest BCUT2D eigenvalue weighted by Gasteiger charge is -2.36. The van der Waals surface area contributed by atoms with Gasteiger partial charge in [0, 0.05) is 82.4 Å². The van der Waals surface area contributed by atoms with E-state index in [1.165, 1.54) is 25.4 Å². The summed E-state index contributed by atoms with van der Waals surface area (Å²) in [5.41, 5.74) is 6.87. The molecule has 24 heteroatoms. The van der Waals surface area contributed by atoms with Crippen molar-refractivity contribution in [3.63, 3.8) is 0 Å². The summed E-state index contributed by atoms with van der Waals surface area (Å²) in [6.45, 7) is 10.6. The lowest BCUT2D eigenvalue weighted by molar-refractivity contribution is -0.139. The van der Waals surface area contributed by atoms with E-state index in [4.69, 9.17) is 22.0 Å². The van der Waals surface area contributed by atoms with Gasteiger partial charge in [0.25, 0.3) is 0 Å². The van der Waals surface area contributed by atoms with Gasteiger partial charge in [-0.05, 0) is 74.3 Å². The van der Waals surface area contributed by atoms with Crippen molar-refractivity contribution in [3.8, 4) is 12.5 Å². The van der Waals surface area contributed by atoms with Crippen LogP contribution in [0.2, 0.25) is 0 Å². The van der Waals surface area contributed by atoms with E-state index in [1.54, 1.807) is 42.3 Å². The smallest absolute Gasteiger partial charge is 0.410 e. The van der Waals surface area contributed by atoms with Crippen molar-refractivity contribution in [2.24, 2.45) is 17.6 Å². The summed E-state index contributed by atoms with van der Waals surface area (Å²) in [5, 5.41) is 29.1. The minimum absolute atomic E-state index is 0.0974. The monoisotopic (exact) mass is 1060 g/mol. The number of carbonyl (C=O) groups is 9. The molecule has 0 bridgehead atoms. The molecular weight excluding hydrogens is 988 g/mol. The van der Waals surface area contributed by atoms with Crippen LogP contribution in [0.3, 0.4) is 0 Å². The van der Waals surface area contributed by atoms with Crippen LogP contribution in [0.4, 0.5) is 31.0 Å². The summed E-state index contributed by atoms with van der Waals surface area (Å²) in [7, 11) is 0. The van der Waals surface area contributed by atoms with Crippen molar-refractivity contribution >= 4 is 70.5 Å². The fourth-order valence-electron chi connectivity index (χ4n) is 8.77. The number of hydrogen-bond donors (Lipinski definition) is 6. The summed E-state index contributed by atoms with van der Waals surface area (Å²) in [6, 6.07) is 8.29. The highest BCUT2D eigenvalue weighted by Crippen LogP contribution is 2.32. The fraction of sp³-hybridized carbons (Fsp3) is 0.519. The molecule has 8 amide bonds. The van der Waals surface area contributed by atoms with Gasteiger partial charge in [-0.2, -0.15) is 0 Å². The number of anilines is 3. The van der Waals surface area contributed by atoms with Crippen molar-refractivity contribution in [1.29, 1.82) is 0 Å². The molecule has 2 aliphatic rings. The number of carboxylic acids is 1. The summed E-state index contributed by atoms with van der Waals surface area (Å²) in [6.07, 6.45) is 8.66. The fourth-order valence-corrected chi connectivity index (χ4v) is 8.77. The number of piperazine rings is 1. The van der Waals surface area contributed by atoms with E-state index in [9.17, 15) is 43.2 Å². The lowest BCUT2D eigenvalue weighted by Crippen LogP contribution is -2.51. The summed E-state index contributed by atoms with van der Waals surface area (Å²) in [5.74, 6) is -4.90. The highest BCUT2D eigenvalue weighted by Gasteiger charge is 2.32. The average Bonchev–Trinajstić information content (AvgIpc) is 3.99. The largest absolute Gasteiger partial charge is 0.481 e. The zero-order valence-corrected chi connectivity index (χ0v) is 43.6. The molecule has 1 unspecified atom stereocenters. The van der Waals surface area contributed by atoms with Crippen LogP contribution < -0.4 is 36.8 Å². The Kier molecular flexibility index (Phi) is 21.6. The molecule has 0 spiro atoms. The van der Waals surface area contributed by atoms with Gasteiger partial charge in [-0.3, -0.25) is 38.5 Å². The first-order chi connectivity index (χ1) is 36.2. The Hall–Kier alpha value is -8.10. The zero-order chi connectivity index (χ0) is 55.6. The van der Waals surface area contributed by atoms with E-state index < -0.39 is 66.1 Å². The molecule has 1 aromatic heterocycles. The molecule has 23 nitrogen and oxygen atoms in total. The van der Waals surface area contributed by atoms with Crippen molar-refractivity contribution in [2.45, 2.75) is 117 Å². The van der Waals surface area contributed by atoms with Gasteiger partial charge in [0.05, 0.1) is 23.6 Å². The van der Waals surface area contributed by atoms with Gasteiger partial charge in [-0.1, -0.05) is 57.9 Å². The third-order valence-electron chi connectivity index (χ3n) is 13.0. The number of ether oxygens (including phenoxy) is 1. The van der Waals surface area contributed by atoms with Gasteiger partial charge < -0.3 is 51.5 Å². The number of primary amides is 1. The predicted molar refractivity (Wildman–Crippen MR) is 277 cm³/mol. The van der Waals surface area contributed by atoms with E-state index in [0.29, 0.717) is 49.2 Å². The number of terminal acetylenes is 1. The maximum absolute atomic E-state index is 15.5. The number of nitrogens with zero attached hydrogens (tertiary/aromatic N) is 7. The number of ketones is 1. The summed E-state index contributed by atoms with van der Waals surface area (Å²) in [4.78, 5) is 119. The second-order valence-electron chi connectivity index (χ2n) is 19.2. The molecule has 0 aliphatic carbocycles. The van der Waals surface area contributed by atoms with Gasteiger partial charge in [-0.15, -0.1) is 5.10 Å². The van der Waals surface area contributed by atoms with Crippen LogP contribution in [0, 0.1) is 30.1 Å². The van der Waals surface area contributed by atoms with E-state index in [-0.39, 0.29) is 118 Å². The summed E-state index contributed by atoms with van der Waals surface area (Å²) >= 11 is 0. The number of likely N-dealkylation sites (tertiary alicyclic amines) is 1. The number of carboxylic acid groups (broad SMARTS) is 1. The number of Topliss-reactive ketones (excluding diaryl/α,β-unsaturated/α-hetero) is 1. The first kappa shape index (κ1) is 58.8. The van der Waals surface area contributed by atoms with Crippen molar-refractivity contribution in [1.82, 2.24) is 40.7 Å². The SMILES string of the molecule is C#CN(CC)c1cc(N2CCN(C(=O)OCc3ccc(NC(=O)[C@H](CCCNC(N)=O)n4cc(C(NC(=O)[C@H](NC(=O)CCCCCN5C(=O)CCC5=O)C(C)C)C(C)C)nn4)cc3)CC2)c(F)cc1C(=O)CC(=O)O. The Bertz CT molecular complexity index is 2610. The first-order valence-corrected chi connectivity index (χ1v) is 25.5. The zero-order valence-electron chi connectivity index (χ0n) is 43.6. The number of amides is 8. The Balaban J connectivity index is 1.16. The lowest BCUT2D eigenvalue weighted by atomic mass is 9.98. The van der Waals surface area contributed by atoms with E-state index in [2.05, 4.69) is 37.6 Å². The number of nitrogens with one attached hydrogen (secondary N) is 4. The maximum atomic E-state index is 15.5. The molecule has 76 heavy (non-hydrogen) atoms. The van der Waals surface area contributed by atoms with Crippen LogP contribution >= 0.6 is 0 Å². The number of aliphatic carboxylic acids is 1. The number of urea groups is 1. The normalized spacial score (nSPS) is 14.7. The maximum Gasteiger partial charge on any atom is 0.410 e. The molecule has 0 radical (unpaired) electrons. The number of benzene rings is 2. The number of aromatic nitrogens is 3. The summed E-state index contributed by atoms with van der Waals surface area (Å²) < 4.78 is 22.5. The highest BCUT2D eigenvalue weighted by atomic mass is 19.1. The molecule has 3 heterocycles. The quantitative estimate of drug-likeness (QED) is 0.0155. The number of unbranched alkanes of at least 4 members (excludes halogenated alkanes) is 2. The van der Waals surface area contributed by atoms with Crippen LogP contribution in [-0.4, -0.2) is 135 Å². The Labute approximate surface area is 440 Å². The standard InChI is InChI=1S/C52H69FN12O11/c1-7-61(8-2)40-28-41(37(53)27-36(40)42(66)29-46(70)71)62-23-25-63(26-24-62)52(75)76-31-34-15-17-35(18-16-34)56-49(72)39(13-12-21-55-51(54)74)65-30-38(59-60-65)47(32(3)4)58-50(73)48(33(5)6)57-43(67)14-10-9-11-22-64-44(68)19-20-45(64)69/h1,15-18,27-28,30,32-33,39,47-48H,8-14,19-26,29,31H2,2-6H3,(H,56,72)(H,57,67)(H,58,73)(H,70,71)(H3,54,55,74)/t39-,47?,48+/m0/s1. The molecule has 3 aromatic rings. The molecule has 2 aromatic carbocycles. The number of halogens is 1. The average molecular weight is 1060 g/mol. The Morgan fingerprint density at radius 2 is 1.59 bits per heavy atom. The number of rotatable bonds is 27. The van der Waals surface area contributed by atoms with Gasteiger partial charge in [0.15, 0.2) is 5.78 Å². The van der Waals surface area contributed by atoms with Crippen molar-refractivity contribution in [3.05, 3.63) is 65.2 Å². The van der Waals surface area contributed by atoms with Crippen LogP contribution in [0.1, 0.15) is 126 Å². The molecule has 2 aliphatic heterocycles. The van der Waals surface area contributed by atoms with Gasteiger partial charge in [0.1, 0.15) is 36.6 Å². The first-order valence-electron chi connectivity index (χ1n) is 25.5. The predicted octanol–water partition coefficient (Wildman–Crippen LogP) is 4.24. The minimum Gasteiger partial charge on any atom is -0.481 e. The van der Waals surface area contributed by atoms with E-state index in [1.807, 2.05) is 27.7 Å². The molecule has 5 rings (SSSR count). The molecule has 7 N–H and O–H groups in total. The second-order valence-corrected chi connectivity index (χ2v) is 19.2. The van der Waals surface area contributed by atoms with Gasteiger partial charge in [0.2, 0.25) is 29.5 Å². The number of hydrogen-bond acceptors (Lipinski definition) is 14. The number of imide groups is 1. The van der Waals surface area contributed by atoms with Crippen LogP contribution in [-0.2, 0) is 40.1 Å². The molecule has 0 saturated carbocycles. The minimum atomic E-state index is -1.36. The highest BCUT2D eigenvalue weighted by molar-refractivity contribution is 6.09. The van der Waals surface area contributed by atoms with Gasteiger partial charge >= 0.3 is 18.1 Å². The van der Waals surface area contributed by atoms with E-state index in [0.717, 1.165) is 6.07 Å². The molecular formula is C52H69FN12O11. The second kappa shape index (κ2) is 28.0. The molecule has 3 atom stereocenters. The van der Waals surface area contributed by atoms with Gasteiger partial charge in [-0.25, -0.2) is 18.7 Å².